The summed E-state index contributed by atoms with van der Waals surface area (Å²) >= 11 is 3.44. The maximum Gasteiger partial charge on any atom is 0.357 e. The van der Waals surface area contributed by atoms with E-state index in [0.29, 0.717) is 13.2 Å². The molecule has 0 radical (unpaired) electrons. The normalized spacial score (nSPS) is 13.0. The van der Waals surface area contributed by atoms with Crippen LogP contribution in [0.25, 0.3) is 10.9 Å². The Morgan fingerprint density at radius 3 is 2.38 bits per heavy atom. The van der Waals surface area contributed by atoms with E-state index in [9.17, 15) is 4.57 Å². The van der Waals surface area contributed by atoms with Gasteiger partial charge < -0.3 is 19.3 Å². The summed E-state index contributed by atoms with van der Waals surface area (Å²) in [5.74, 6) is -0.625. The van der Waals surface area contributed by atoms with Gasteiger partial charge in [-0.2, -0.15) is 0 Å². The van der Waals surface area contributed by atoms with Gasteiger partial charge in [0.2, 0.25) is 0 Å². The fraction of sp³-hybridized carbons (Fsp3) is 0.263. The first-order chi connectivity index (χ1) is 12.6. The Morgan fingerprint density at radius 1 is 1.08 bits per heavy atom. The molecular weight excluding hydrogens is 415 g/mol. The number of H-pyrrole nitrogens is 1. The topological polar surface area (TPSA) is 63.4 Å². The number of aromatic amines is 1. The summed E-state index contributed by atoms with van der Waals surface area (Å²) in [6.07, 6.45) is 1.87. The number of rotatable bonds is 8. The second kappa shape index (κ2) is 8.40. The van der Waals surface area contributed by atoms with Crippen molar-refractivity contribution < 1.29 is 13.6 Å². The van der Waals surface area contributed by atoms with Crippen molar-refractivity contribution in [1.29, 1.82) is 0 Å². The van der Waals surface area contributed by atoms with Crippen LogP contribution in [0.5, 0.6) is 0 Å². The van der Waals surface area contributed by atoms with Gasteiger partial charge in [-0.25, -0.2) is 0 Å². The molecule has 1 aromatic heterocycles. The van der Waals surface area contributed by atoms with Gasteiger partial charge in [0.05, 0.1) is 13.2 Å². The van der Waals surface area contributed by atoms with Gasteiger partial charge in [0.25, 0.3) is 0 Å². The number of aromatic nitrogens is 1. The second-order valence-corrected chi connectivity index (χ2v) is 8.75. The van der Waals surface area contributed by atoms with Crippen LogP contribution in [0.2, 0.25) is 0 Å². The Hall–Kier alpha value is -1.59. The molecule has 5 nitrogen and oxygen atoms in total. The molecule has 0 aliphatic rings. The lowest BCUT2D eigenvalue weighted by molar-refractivity contribution is 0.214. The Morgan fingerprint density at radius 2 is 1.73 bits per heavy atom. The van der Waals surface area contributed by atoms with E-state index in [1.807, 2.05) is 68.6 Å². The minimum atomic E-state index is -3.44. The van der Waals surface area contributed by atoms with Crippen molar-refractivity contribution in [2.24, 2.45) is 0 Å². The molecule has 2 N–H and O–H groups in total. The Labute approximate surface area is 161 Å². The molecule has 3 rings (SSSR count). The minimum Gasteiger partial charge on any atom is -0.368 e. The zero-order chi connectivity index (χ0) is 18.6. The second-order valence-electron chi connectivity index (χ2n) is 5.72. The molecular formula is C19H22BrN2O3P. The molecule has 0 aliphatic heterocycles. The fourth-order valence-corrected chi connectivity index (χ4v) is 5.12. The monoisotopic (exact) mass is 436 g/mol. The quantitative estimate of drug-likeness (QED) is 0.406. The highest BCUT2D eigenvalue weighted by Crippen LogP contribution is 2.61. The molecule has 0 spiro atoms. The van der Waals surface area contributed by atoms with E-state index < -0.39 is 13.4 Å². The molecule has 0 unspecified atom stereocenters. The molecule has 0 amide bonds. The van der Waals surface area contributed by atoms with E-state index in [-0.39, 0.29) is 0 Å². The first-order valence-electron chi connectivity index (χ1n) is 8.54. The predicted octanol–water partition coefficient (Wildman–Crippen LogP) is 6.31. The van der Waals surface area contributed by atoms with E-state index in [1.54, 1.807) is 0 Å². The van der Waals surface area contributed by atoms with Crippen molar-refractivity contribution in [3.8, 4) is 0 Å². The van der Waals surface area contributed by atoms with Crippen LogP contribution in [0.15, 0.2) is 59.2 Å². The third kappa shape index (κ3) is 4.04. The summed E-state index contributed by atoms with van der Waals surface area (Å²) in [6, 6.07) is 15.6. The lowest BCUT2D eigenvalue weighted by Crippen LogP contribution is -2.15. The Kier molecular flexibility index (Phi) is 6.20. The van der Waals surface area contributed by atoms with E-state index in [1.165, 1.54) is 0 Å². The first-order valence-corrected chi connectivity index (χ1v) is 10.9. The molecule has 26 heavy (non-hydrogen) atoms. The predicted molar refractivity (Wildman–Crippen MR) is 110 cm³/mol. The first kappa shape index (κ1) is 19.2. The SMILES string of the molecule is CCOP(=O)(OCC)[C@H](Nc1ccc(Br)cc1)c1c[nH]c2ccccc12. The zero-order valence-corrected chi connectivity index (χ0v) is 17.2. The molecule has 3 aromatic rings. The number of fused-ring (bicyclic) bond motifs is 1. The van der Waals surface area contributed by atoms with Crippen LogP contribution in [0.3, 0.4) is 0 Å². The van der Waals surface area contributed by atoms with Crippen molar-refractivity contribution in [3.05, 3.63) is 64.8 Å². The van der Waals surface area contributed by atoms with Crippen molar-refractivity contribution in [2.75, 3.05) is 18.5 Å². The van der Waals surface area contributed by atoms with E-state index in [2.05, 4.69) is 26.2 Å². The zero-order valence-electron chi connectivity index (χ0n) is 14.7. The summed E-state index contributed by atoms with van der Waals surface area (Å²) in [4.78, 5) is 3.24. The third-order valence-electron chi connectivity index (χ3n) is 4.00. The van der Waals surface area contributed by atoms with Crippen LogP contribution >= 0.6 is 23.5 Å². The summed E-state index contributed by atoms with van der Waals surface area (Å²) in [5, 5.41) is 4.34. The summed E-state index contributed by atoms with van der Waals surface area (Å²) in [6.45, 7) is 4.24. The minimum absolute atomic E-state index is 0.304. The number of hydrogen-bond acceptors (Lipinski definition) is 4. The largest absolute Gasteiger partial charge is 0.368 e. The molecule has 0 aliphatic carbocycles. The number of halogens is 1. The Bertz CT molecular complexity index is 901. The lowest BCUT2D eigenvalue weighted by Gasteiger charge is -2.27. The third-order valence-corrected chi connectivity index (χ3v) is 6.80. The van der Waals surface area contributed by atoms with E-state index in [0.717, 1.165) is 26.6 Å². The number of benzene rings is 2. The van der Waals surface area contributed by atoms with Crippen LogP contribution in [0.4, 0.5) is 5.69 Å². The van der Waals surface area contributed by atoms with Crippen LogP contribution in [0, 0.1) is 0 Å². The maximum absolute atomic E-state index is 13.6. The highest BCUT2D eigenvalue weighted by Gasteiger charge is 2.38. The van der Waals surface area contributed by atoms with Crippen LogP contribution in [-0.2, 0) is 13.6 Å². The van der Waals surface area contributed by atoms with Crippen molar-refractivity contribution >= 4 is 40.1 Å². The summed E-state index contributed by atoms with van der Waals surface area (Å²) in [5.41, 5.74) is 2.67. The summed E-state index contributed by atoms with van der Waals surface area (Å²) in [7, 11) is -3.44. The van der Waals surface area contributed by atoms with Crippen molar-refractivity contribution in [3.63, 3.8) is 0 Å². The average Bonchev–Trinajstić information content (AvgIpc) is 3.05. The molecule has 0 saturated carbocycles. The lowest BCUT2D eigenvalue weighted by atomic mass is 10.1. The van der Waals surface area contributed by atoms with Gasteiger partial charge in [-0.15, -0.1) is 0 Å². The van der Waals surface area contributed by atoms with Crippen molar-refractivity contribution in [1.82, 2.24) is 4.98 Å². The van der Waals surface area contributed by atoms with Gasteiger partial charge in [0, 0.05) is 32.8 Å². The molecule has 2 aromatic carbocycles. The molecule has 1 atom stereocenters. The van der Waals surface area contributed by atoms with Gasteiger partial charge in [0.15, 0.2) is 5.78 Å². The molecule has 0 bridgehead atoms. The molecule has 7 heteroatoms. The van der Waals surface area contributed by atoms with Crippen LogP contribution in [0.1, 0.15) is 25.2 Å². The maximum atomic E-state index is 13.6. The fourth-order valence-electron chi connectivity index (χ4n) is 2.90. The van der Waals surface area contributed by atoms with Crippen molar-refractivity contribution in [2.45, 2.75) is 19.6 Å². The van der Waals surface area contributed by atoms with E-state index in [4.69, 9.17) is 9.05 Å². The van der Waals surface area contributed by atoms with E-state index >= 15 is 0 Å². The number of nitrogens with one attached hydrogen (secondary N) is 2. The number of hydrogen-bond donors (Lipinski definition) is 2. The smallest absolute Gasteiger partial charge is 0.357 e. The van der Waals surface area contributed by atoms with Gasteiger partial charge in [-0.1, -0.05) is 34.1 Å². The highest BCUT2D eigenvalue weighted by atomic mass is 79.9. The van der Waals surface area contributed by atoms with Crippen LogP contribution in [-0.4, -0.2) is 18.2 Å². The molecule has 1 heterocycles. The average molecular weight is 437 g/mol. The molecule has 138 valence electrons. The molecule has 0 fully saturated rings. The Balaban J connectivity index is 2.08. The number of anilines is 1. The van der Waals surface area contributed by atoms with Gasteiger partial charge in [0.1, 0.15) is 0 Å². The van der Waals surface area contributed by atoms with Gasteiger partial charge in [-0.3, -0.25) is 4.57 Å². The van der Waals surface area contributed by atoms with Gasteiger partial charge in [-0.05, 0) is 44.2 Å². The van der Waals surface area contributed by atoms with Crippen LogP contribution < -0.4 is 5.32 Å². The summed E-state index contributed by atoms with van der Waals surface area (Å²) < 4.78 is 25.9. The number of para-hydroxylation sites is 1. The molecule has 0 saturated heterocycles. The van der Waals surface area contributed by atoms with Gasteiger partial charge >= 0.3 is 7.60 Å². The highest BCUT2D eigenvalue weighted by molar-refractivity contribution is 9.10. The standard InChI is InChI=1S/C19H22BrN2O3P/c1-3-24-26(23,25-4-2)19(22-15-11-9-14(20)10-12-15)17-13-21-18-8-6-5-7-16(17)18/h5-13,19,21-22H,3-4H2,1-2H3/t19-/m0/s1.